The molecule has 0 spiro atoms. The van der Waals surface area contributed by atoms with Crippen LogP contribution in [0.3, 0.4) is 0 Å². The van der Waals surface area contributed by atoms with E-state index in [1.807, 2.05) is 0 Å². The zero-order chi connectivity index (χ0) is 17.7. The predicted octanol–water partition coefficient (Wildman–Crippen LogP) is 3.66. The van der Waals surface area contributed by atoms with Gasteiger partial charge in [0.2, 0.25) is 5.91 Å². The van der Waals surface area contributed by atoms with Crippen molar-refractivity contribution in [3.63, 3.8) is 0 Å². The van der Waals surface area contributed by atoms with E-state index in [9.17, 15) is 28.1 Å². The van der Waals surface area contributed by atoms with E-state index in [4.69, 9.17) is 0 Å². The second kappa shape index (κ2) is 6.99. The number of amides is 1. The van der Waals surface area contributed by atoms with Crippen LogP contribution in [0.5, 0.6) is 0 Å². The predicted molar refractivity (Wildman–Crippen MR) is 81.7 cm³/mol. The maximum Gasteiger partial charge on any atom is 0.416 e. The number of nitrogens with zero attached hydrogens (tertiary/aromatic N) is 1. The normalized spacial score (nSPS) is 11.0. The molecule has 0 saturated heterocycles. The van der Waals surface area contributed by atoms with E-state index in [1.165, 1.54) is 36.4 Å². The molecule has 0 saturated carbocycles. The van der Waals surface area contributed by atoms with Gasteiger partial charge in [-0.15, -0.1) is 0 Å². The van der Waals surface area contributed by atoms with Gasteiger partial charge in [-0.3, -0.25) is 14.9 Å². The Hall–Kier alpha value is -3.10. The van der Waals surface area contributed by atoms with Crippen LogP contribution in [0, 0.1) is 10.1 Å². The second-order valence-electron chi connectivity index (χ2n) is 4.79. The average molecular weight is 339 g/mol. The van der Waals surface area contributed by atoms with Crippen molar-refractivity contribution in [3.8, 4) is 0 Å². The van der Waals surface area contributed by atoms with Crippen LogP contribution in [0.1, 0.15) is 5.56 Å². The number of anilines is 2. The third-order valence-corrected chi connectivity index (χ3v) is 2.98. The molecule has 0 aromatic heterocycles. The van der Waals surface area contributed by atoms with Crippen LogP contribution in [0.15, 0.2) is 48.5 Å². The van der Waals surface area contributed by atoms with Crippen LogP contribution >= 0.6 is 0 Å². The lowest BCUT2D eigenvalue weighted by Crippen LogP contribution is -2.22. The van der Waals surface area contributed by atoms with Gasteiger partial charge in [0.1, 0.15) is 0 Å². The molecule has 0 aliphatic carbocycles. The summed E-state index contributed by atoms with van der Waals surface area (Å²) in [4.78, 5) is 21.8. The largest absolute Gasteiger partial charge is 0.416 e. The zero-order valence-electron chi connectivity index (χ0n) is 12.1. The fourth-order valence-corrected chi connectivity index (χ4v) is 1.89. The molecule has 2 rings (SSSR count). The first-order valence-corrected chi connectivity index (χ1v) is 6.71. The first-order chi connectivity index (χ1) is 11.3. The molecule has 0 heterocycles. The van der Waals surface area contributed by atoms with Crippen molar-refractivity contribution in [3.05, 3.63) is 64.2 Å². The summed E-state index contributed by atoms with van der Waals surface area (Å²) in [6.45, 7) is -0.288. The number of hydrogen-bond donors (Lipinski definition) is 2. The monoisotopic (exact) mass is 339 g/mol. The molecule has 0 atom stereocenters. The fraction of sp³-hybridized carbons (Fsp3) is 0.133. The average Bonchev–Trinajstić information content (AvgIpc) is 2.52. The number of carbonyl (C=O) groups excluding carboxylic acids is 1. The van der Waals surface area contributed by atoms with Crippen LogP contribution in [-0.2, 0) is 11.0 Å². The number of hydrogen-bond acceptors (Lipinski definition) is 4. The van der Waals surface area contributed by atoms with Gasteiger partial charge in [0.25, 0.3) is 5.69 Å². The van der Waals surface area contributed by atoms with Crippen LogP contribution in [-0.4, -0.2) is 17.4 Å². The van der Waals surface area contributed by atoms with E-state index < -0.39 is 22.6 Å². The Morgan fingerprint density at radius 1 is 1.08 bits per heavy atom. The number of nitro groups is 1. The summed E-state index contributed by atoms with van der Waals surface area (Å²) in [7, 11) is 0. The third kappa shape index (κ3) is 4.70. The summed E-state index contributed by atoms with van der Waals surface area (Å²) >= 11 is 0. The Balaban J connectivity index is 1.96. The molecule has 0 fully saturated rings. The van der Waals surface area contributed by atoms with Crippen molar-refractivity contribution in [1.82, 2.24) is 0 Å². The Morgan fingerprint density at radius 2 is 1.75 bits per heavy atom. The third-order valence-electron chi connectivity index (χ3n) is 2.98. The molecule has 0 aliphatic rings. The van der Waals surface area contributed by atoms with E-state index in [0.717, 1.165) is 12.1 Å². The van der Waals surface area contributed by atoms with Crippen LogP contribution in [0.2, 0.25) is 0 Å². The van der Waals surface area contributed by atoms with E-state index in [0.29, 0.717) is 0 Å². The fourth-order valence-electron chi connectivity index (χ4n) is 1.89. The van der Waals surface area contributed by atoms with Gasteiger partial charge >= 0.3 is 6.18 Å². The number of benzene rings is 2. The van der Waals surface area contributed by atoms with Crippen molar-refractivity contribution in [1.29, 1.82) is 0 Å². The summed E-state index contributed by atoms with van der Waals surface area (Å²) in [5.74, 6) is -0.548. The molecule has 126 valence electrons. The number of non-ortho nitro benzene ring substituents is 1. The standard InChI is InChI=1S/C15H12F3N3O3/c16-15(17,18)10-3-1-4-11(7-10)19-9-14(22)20-12-5-2-6-13(8-12)21(23)24/h1-8,19H,9H2,(H,20,22). The van der Waals surface area contributed by atoms with Crippen molar-refractivity contribution in [2.45, 2.75) is 6.18 Å². The first-order valence-electron chi connectivity index (χ1n) is 6.71. The van der Waals surface area contributed by atoms with Crippen molar-refractivity contribution in [2.75, 3.05) is 17.2 Å². The highest BCUT2D eigenvalue weighted by molar-refractivity contribution is 5.94. The molecule has 2 aromatic carbocycles. The second-order valence-corrected chi connectivity index (χ2v) is 4.79. The smallest absolute Gasteiger partial charge is 0.376 e. The van der Waals surface area contributed by atoms with Gasteiger partial charge in [0, 0.05) is 23.5 Å². The van der Waals surface area contributed by atoms with Gasteiger partial charge in [-0.2, -0.15) is 13.2 Å². The van der Waals surface area contributed by atoms with Gasteiger partial charge in [0.05, 0.1) is 17.0 Å². The van der Waals surface area contributed by atoms with Crippen LogP contribution < -0.4 is 10.6 Å². The van der Waals surface area contributed by atoms with E-state index in [2.05, 4.69) is 10.6 Å². The summed E-state index contributed by atoms with van der Waals surface area (Å²) in [5.41, 5.74) is -0.649. The summed E-state index contributed by atoms with van der Waals surface area (Å²) in [5, 5.41) is 15.6. The molecule has 0 unspecified atom stereocenters. The first kappa shape index (κ1) is 17.3. The summed E-state index contributed by atoms with van der Waals surface area (Å²) in [6.07, 6.45) is -4.47. The van der Waals surface area contributed by atoms with Gasteiger partial charge in [-0.25, -0.2) is 0 Å². The highest BCUT2D eigenvalue weighted by Gasteiger charge is 2.30. The lowest BCUT2D eigenvalue weighted by molar-refractivity contribution is -0.384. The highest BCUT2D eigenvalue weighted by atomic mass is 19.4. The number of rotatable bonds is 5. The van der Waals surface area contributed by atoms with Crippen molar-refractivity contribution in [2.24, 2.45) is 0 Å². The summed E-state index contributed by atoms with van der Waals surface area (Å²) < 4.78 is 37.8. The SMILES string of the molecule is O=C(CNc1cccc(C(F)(F)F)c1)Nc1cccc([N+](=O)[O-])c1. The number of alkyl halides is 3. The highest BCUT2D eigenvalue weighted by Crippen LogP contribution is 2.30. The molecule has 0 aliphatic heterocycles. The number of halogens is 3. The van der Waals surface area contributed by atoms with E-state index >= 15 is 0 Å². The van der Waals surface area contributed by atoms with Gasteiger partial charge < -0.3 is 10.6 Å². The molecule has 9 heteroatoms. The van der Waals surface area contributed by atoms with Crippen molar-refractivity contribution >= 4 is 23.0 Å². The Labute approximate surface area is 134 Å². The van der Waals surface area contributed by atoms with Gasteiger partial charge in [0.15, 0.2) is 0 Å². The molecule has 1 amide bonds. The molecule has 2 N–H and O–H groups in total. The minimum absolute atomic E-state index is 0.138. The van der Waals surface area contributed by atoms with E-state index in [-0.39, 0.29) is 23.6 Å². The van der Waals surface area contributed by atoms with Crippen LogP contribution in [0.4, 0.5) is 30.2 Å². The summed E-state index contributed by atoms with van der Waals surface area (Å²) in [6, 6.07) is 9.77. The Bertz CT molecular complexity index is 763. The molecule has 0 radical (unpaired) electrons. The maximum atomic E-state index is 12.6. The lowest BCUT2D eigenvalue weighted by Gasteiger charge is -2.11. The topological polar surface area (TPSA) is 84.3 Å². The molecule has 0 bridgehead atoms. The minimum atomic E-state index is -4.47. The molecule has 6 nitrogen and oxygen atoms in total. The molecular weight excluding hydrogens is 327 g/mol. The Morgan fingerprint density at radius 3 is 2.42 bits per heavy atom. The quantitative estimate of drug-likeness (QED) is 0.643. The number of nitrogens with one attached hydrogen (secondary N) is 2. The molecule has 24 heavy (non-hydrogen) atoms. The maximum absolute atomic E-state index is 12.6. The minimum Gasteiger partial charge on any atom is -0.376 e. The van der Waals surface area contributed by atoms with E-state index in [1.54, 1.807) is 0 Å². The molecule has 2 aromatic rings. The van der Waals surface area contributed by atoms with Gasteiger partial charge in [-0.1, -0.05) is 12.1 Å². The number of nitro benzene ring substituents is 1. The zero-order valence-corrected chi connectivity index (χ0v) is 12.1. The number of carbonyl (C=O) groups is 1. The lowest BCUT2D eigenvalue weighted by atomic mass is 10.2. The van der Waals surface area contributed by atoms with Gasteiger partial charge in [-0.05, 0) is 24.3 Å². The van der Waals surface area contributed by atoms with Crippen molar-refractivity contribution < 1.29 is 22.9 Å². The Kier molecular flexibility index (Phi) is 5.02. The van der Waals surface area contributed by atoms with Crippen LogP contribution in [0.25, 0.3) is 0 Å². The molecular formula is C15H12F3N3O3.